The van der Waals surface area contributed by atoms with E-state index in [1.54, 1.807) is 39.2 Å². The molecular weight excluding hydrogens is 471 g/mol. The van der Waals surface area contributed by atoms with Gasteiger partial charge in [-0.25, -0.2) is 9.59 Å². The van der Waals surface area contributed by atoms with Crippen LogP contribution in [0.4, 0.5) is 10.5 Å². The van der Waals surface area contributed by atoms with Crippen LogP contribution >= 0.6 is 39.1 Å². The summed E-state index contributed by atoms with van der Waals surface area (Å²) in [5.41, 5.74) is 0.586. The Balaban J connectivity index is 0.000000280. The van der Waals surface area contributed by atoms with Crippen LogP contribution in [0.1, 0.15) is 32.0 Å². The maximum absolute atomic E-state index is 11.7. The lowest BCUT2D eigenvalue weighted by atomic mass is 10.2. The zero-order valence-electron chi connectivity index (χ0n) is 16.3. The number of aromatic nitrogens is 2. The Morgan fingerprint density at radius 2 is 1.89 bits per heavy atom. The number of nitrogens with zero attached hydrogens (tertiary/aromatic N) is 2. The van der Waals surface area contributed by atoms with E-state index in [9.17, 15) is 14.4 Å². The van der Waals surface area contributed by atoms with Gasteiger partial charge in [-0.05, 0) is 54.4 Å². The van der Waals surface area contributed by atoms with Crippen molar-refractivity contribution in [2.24, 2.45) is 0 Å². The monoisotopic (exact) mass is 492 g/mol. The lowest BCUT2D eigenvalue weighted by Crippen LogP contribution is -2.38. The Hall–Kier alpha value is -1.77. The molecule has 0 spiro atoms. The molecule has 2 rings (SSSR count). The largest absolute Gasteiger partial charge is 0.331 e. The summed E-state index contributed by atoms with van der Waals surface area (Å²) in [4.78, 5) is 38.5. The first kappa shape index (κ1) is 24.3. The summed E-state index contributed by atoms with van der Waals surface area (Å²) < 4.78 is 1.66. The van der Waals surface area contributed by atoms with Crippen LogP contribution in [0.2, 0.25) is 10.0 Å². The summed E-state index contributed by atoms with van der Waals surface area (Å²) in [6, 6.07) is 4.64. The van der Waals surface area contributed by atoms with Crippen molar-refractivity contribution in [1.82, 2.24) is 14.5 Å². The van der Waals surface area contributed by atoms with Gasteiger partial charge in [-0.1, -0.05) is 30.1 Å². The average molecular weight is 494 g/mol. The molecule has 2 amide bonds. The smallest absolute Gasteiger partial charge is 0.328 e. The number of halogens is 3. The number of amides is 2. The van der Waals surface area contributed by atoms with E-state index in [1.807, 2.05) is 13.8 Å². The third kappa shape index (κ3) is 6.39. The second-order valence-electron chi connectivity index (χ2n) is 6.26. The number of carbonyl (C=O) groups excluding carboxylic acids is 1. The molecular formula is C18H23BrCl2N4O3. The highest BCUT2D eigenvalue weighted by atomic mass is 79.9. The van der Waals surface area contributed by atoms with Crippen LogP contribution in [0, 0.1) is 6.92 Å². The maximum Gasteiger partial charge on any atom is 0.328 e. The number of urea groups is 1. The fraction of sp³-hybridized carbons (Fsp3) is 0.389. The summed E-state index contributed by atoms with van der Waals surface area (Å²) in [6.45, 7) is 5.47. The number of nitrogens with one attached hydrogen (secondary N) is 2. The van der Waals surface area contributed by atoms with E-state index in [1.165, 1.54) is 9.47 Å². The summed E-state index contributed by atoms with van der Waals surface area (Å²) in [7, 11) is 3.32. The van der Waals surface area contributed by atoms with E-state index in [0.29, 0.717) is 25.9 Å². The topological polar surface area (TPSA) is 87.2 Å². The van der Waals surface area contributed by atoms with Crippen LogP contribution in [0.15, 0.2) is 32.3 Å². The minimum absolute atomic E-state index is 0.0804. The van der Waals surface area contributed by atoms with Gasteiger partial charge < -0.3 is 15.2 Å². The quantitative estimate of drug-likeness (QED) is 0.651. The number of carbonyl (C=O) groups is 1. The molecule has 7 nitrogen and oxygen atoms in total. The van der Waals surface area contributed by atoms with Gasteiger partial charge >= 0.3 is 11.7 Å². The molecule has 0 aliphatic heterocycles. The first-order chi connectivity index (χ1) is 13.0. The van der Waals surface area contributed by atoms with Gasteiger partial charge in [0, 0.05) is 31.5 Å². The van der Waals surface area contributed by atoms with Gasteiger partial charge in [-0.3, -0.25) is 9.36 Å². The van der Waals surface area contributed by atoms with Crippen LogP contribution < -0.4 is 16.6 Å². The average Bonchev–Trinajstić information content (AvgIpc) is 2.63. The minimum atomic E-state index is -0.343. The summed E-state index contributed by atoms with van der Waals surface area (Å²) in [5.74, 6) is 0. The van der Waals surface area contributed by atoms with Crippen molar-refractivity contribution in [3.63, 3.8) is 0 Å². The summed E-state index contributed by atoms with van der Waals surface area (Å²) in [5, 5.41) is 3.54. The highest BCUT2D eigenvalue weighted by molar-refractivity contribution is 9.10. The van der Waals surface area contributed by atoms with Crippen LogP contribution in [-0.4, -0.2) is 34.6 Å². The zero-order valence-corrected chi connectivity index (χ0v) is 19.4. The molecule has 0 aliphatic carbocycles. The number of aromatic amines is 1. The molecule has 1 aromatic carbocycles. The standard InChI is InChI=1S/C9H13BrN2O2.C9H10Cl2N2O/c1-4-5(2)12-8(13)7(10)6(3)11-9(12)14;1-13(2)9(14)12-6-3-4-7(10)8(11)5-6/h5H,4H2,1-3H3,(H,11,14);3-5H,1-2H3,(H,12,14)/t5-;/m1./s1. The van der Waals surface area contributed by atoms with Crippen molar-refractivity contribution in [3.8, 4) is 0 Å². The number of anilines is 1. The lowest BCUT2D eigenvalue weighted by Gasteiger charge is -2.12. The molecule has 1 aromatic heterocycles. The number of rotatable bonds is 3. The second kappa shape index (κ2) is 10.7. The van der Waals surface area contributed by atoms with E-state index in [2.05, 4.69) is 26.2 Å². The van der Waals surface area contributed by atoms with E-state index in [4.69, 9.17) is 23.2 Å². The molecule has 1 heterocycles. The lowest BCUT2D eigenvalue weighted by molar-refractivity contribution is 0.230. The maximum atomic E-state index is 11.7. The van der Waals surface area contributed by atoms with E-state index < -0.39 is 0 Å². The Labute approximate surface area is 181 Å². The Morgan fingerprint density at radius 1 is 1.29 bits per heavy atom. The molecule has 0 aliphatic rings. The Bertz CT molecular complexity index is 957. The van der Waals surface area contributed by atoms with Gasteiger partial charge in [0.15, 0.2) is 0 Å². The van der Waals surface area contributed by atoms with Crippen molar-refractivity contribution >= 4 is 50.9 Å². The zero-order chi connectivity index (χ0) is 21.6. The third-order valence-corrected chi connectivity index (χ3v) is 5.53. The molecule has 0 bridgehead atoms. The number of aryl methyl sites for hydroxylation is 1. The molecule has 0 saturated heterocycles. The Kier molecular flexibility index (Phi) is 9.26. The van der Waals surface area contributed by atoms with Gasteiger partial charge in [0.2, 0.25) is 0 Å². The van der Waals surface area contributed by atoms with Crippen molar-refractivity contribution < 1.29 is 4.79 Å². The van der Waals surface area contributed by atoms with Gasteiger partial charge in [-0.15, -0.1) is 0 Å². The molecule has 2 N–H and O–H groups in total. The second-order valence-corrected chi connectivity index (χ2v) is 7.86. The predicted molar refractivity (Wildman–Crippen MR) is 118 cm³/mol. The first-order valence-corrected chi connectivity index (χ1v) is 9.98. The fourth-order valence-corrected chi connectivity index (χ4v) is 2.61. The SMILES string of the molecule is CC[C@@H](C)n1c(=O)[nH]c(C)c(Br)c1=O.CN(C)C(=O)Nc1ccc(Cl)c(Cl)c1. The molecule has 154 valence electrons. The molecule has 0 fully saturated rings. The first-order valence-electron chi connectivity index (χ1n) is 8.43. The van der Waals surface area contributed by atoms with Gasteiger partial charge in [0.25, 0.3) is 5.56 Å². The van der Waals surface area contributed by atoms with Crippen LogP contribution in [0.25, 0.3) is 0 Å². The number of H-pyrrole nitrogens is 1. The van der Waals surface area contributed by atoms with Crippen LogP contribution in [0.3, 0.4) is 0 Å². The molecule has 1 atom stereocenters. The number of benzene rings is 1. The molecule has 0 unspecified atom stereocenters. The predicted octanol–water partition coefficient (Wildman–Crippen LogP) is 4.67. The Morgan fingerprint density at radius 3 is 2.39 bits per heavy atom. The van der Waals surface area contributed by atoms with Gasteiger partial charge in [0.1, 0.15) is 4.47 Å². The molecule has 10 heteroatoms. The third-order valence-electron chi connectivity index (χ3n) is 3.86. The van der Waals surface area contributed by atoms with Crippen molar-refractivity contribution in [2.45, 2.75) is 33.2 Å². The highest BCUT2D eigenvalue weighted by Gasteiger charge is 2.12. The van der Waals surface area contributed by atoms with E-state index in [0.717, 1.165) is 6.42 Å². The highest BCUT2D eigenvalue weighted by Crippen LogP contribution is 2.25. The van der Waals surface area contributed by atoms with Gasteiger partial charge in [0.05, 0.1) is 10.0 Å². The number of hydrogen-bond acceptors (Lipinski definition) is 3. The molecule has 28 heavy (non-hydrogen) atoms. The molecule has 0 saturated carbocycles. The van der Waals surface area contributed by atoms with Crippen molar-refractivity contribution in [1.29, 1.82) is 0 Å². The molecule has 2 aromatic rings. The van der Waals surface area contributed by atoms with Crippen LogP contribution in [0.5, 0.6) is 0 Å². The van der Waals surface area contributed by atoms with Gasteiger partial charge in [-0.2, -0.15) is 0 Å². The normalized spacial score (nSPS) is 11.3. The van der Waals surface area contributed by atoms with Crippen molar-refractivity contribution in [3.05, 3.63) is 59.2 Å². The number of hydrogen-bond donors (Lipinski definition) is 2. The van der Waals surface area contributed by atoms with Crippen molar-refractivity contribution in [2.75, 3.05) is 19.4 Å². The fourth-order valence-electron chi connectivity index (χ4n) is 2.03. The summed E-state index contributed by atoms with van der Waals surface area (Å²) >= 11 is 14.7. The van der Waals surface area contributed by atoms with E-state index in [-0.39, 0.29) is 23.3 Å². The van der Waals surface area contributed by atoms with E-state index >= 15 is 0 Å². The molecule has 0 radical (unpaired) electrons. The minimum Gasteiger partial charge on any atom is -0.331 e. The van der Waals surface area contributed by atoms with Crippen LogP contribution in [-0.2, 0) is 0 Å². The summed E-state index contributed by atoms with van der Waals surface area (Å²) in [6.07, 6.45) is 0.748.